The van der Waals surface area contributed by atoms with Gasteiger partial charge < -0.3 is 20.4 Å². The number of phenols is 2. The van der Waals surface area contributed by atoms with Crippen LogP contribution in [0.2, 0.25) is 0 Å². The molecule has 0 aliphatic rings. The van der Waals surface area contributed by atoms with Gasteiger partial charge >= 0.3 is 0 Å². The lowest BCUT2D eigenvalue weighted by atomic mass is 10.0. The van der Waals surface area contributed by atoms with Gasteiger partial charge in [0.15, 0.2) is 0 Å². The minimum Gasteiger partial charge on any atom is -0.508 e. The molecule has 0 aliphatic heterocycles. The molecule has 0 saturated carbocycles. The van der Waals surface area contributed by atoms with Gasteiger partial charge in [0, 0.05) is 11.1 Å². The van der Waals surface area contributed by atoms with Crippen LogP contribution in [0.1, 0.15) is 86.5 Å². The van der Waals surface area contributed by atoms with E-state index in [1.807, 2.05) is 24.3 Å². The van der Waals surface area contributed by atoms with E-state index in [2.05, 4.69) is 0 Å². The molecular weight excluding hydrogens is 376 g/mol. The molecule has 30 heavy (non-hydrogen) atoms. The molecule has 166 valence electrons. The Morgan fingerprint density at radius 2 is 0.933 bits per heavy atom. The molecule has 4 nitrogen and oxygen atoms in total. The average molecular weight is 415 g/mol. The molecule has 0 amide bonds. The Bertz CT molecular complexity index is 742. The van der Waals surface area contributed by atoms with E-state index in [-0.39, 0.29) is 24.7 Å². The average Bonchev–Trinajstić information content (AvgIpc) is 2.75. The van der Waals surface area contributed by atoms with Crippen molar-refractivity contribution in [2.75, 3.05) is 0 Å². The number of aliphatic hydroxyl groups is 2. The standard InChI is InChI=1S/C26H38O4/c27-19-23-15-13-22(18-26(23)30)12-10-8-6-4-2-1-3-5-7-9-11-21-14-16-25(29)24(17-21)20-28/h13-18,27-30H,1-12,19-20H2. The summed E-state index contributed by atoms with van der Waals surface area (Å²) >= 11 is 0. The third-order valence-electron chi connectivity index (χ3n) is 5.82. The third-order valence-corrected chi connectivity index (χ3v) is 5.82. The minimum absolute atomic E-state index is 0.110. The fraction of sp³-hybridized carbons (Fsp3) is 0.538. The largest absolute Gasteiger partial charge is 0.508 e. The van der Waals surface area contributed by atoms with Crippen LogP contribution in [0.5, 0.6) is 11.5 Å². The van der Waals surface area contributed by atoms with E-state index in [1.165, 1.54) is 56.9 Å². The highest BCUT2D eigenvalue weighted by atomic mass is 16.3. The van der Waals surface area contributed by atoms with Crippen LogP contribution < -0.4 is 0 Å². The Kier molecular flexibility index (Phi) is 11.3. The Morgan fingerprint density at radius 1 is 0.467 bits per heavy atom. The molecule has 2 aromatic rings. The predicted molar refractivity (Wildman–Crippen MR) is 122 cm³/mol. The Balaban J connectivity index is 1.42. The van der Waals surface area contributed by atoms with Gasteiger partial charge in [0.05, 0.1) is 13.2 Å². The van der Waals surface area contributed by atoms with Crippen LogP contribution in [-0.4, -0.2) is 20.4 Å². The maximum atomic E-state index is 9.78. The topological polar surface area (TPSA) is 80.9 Å². The SMILES string of the molecule is OCc1ccc(CCCCCCCCCCCCc2ccc(O)c(CO)c2)cc1O. The lowest BCUT2D eigenvalue weighted by Crippen LogP contribution is -1.91. The Hall–Kier alpha value is -2.04. The number of aryl methyl sites for hydroxylation is 2. The van der Waals surface area contributed by atoms with Crippen LogP contribution >= 0.6 is 0 Å². The number of rotatable bonds is 15. The van der Waals surface area contributed by atoms with Crippen molar-refractivity contribution in [1.29, 1.82) is 0 Å². The molecule has 0 aliphatic carbocycles. The monoisotopic (exact) mass is 414 g/mol. The molecule has 4 heteroatoms. The Morgan fingerprint density at radius 3 is 1.43 bits per heavy atom. The van der Waals surface area contributed by atoms with E-state index in [1.54, 1.807) is 12.1 Å². The molecule has 4 N–H and O–H groups in total. The number of aromatic hydroxyl groups is 2. The first-order chi connectivity index (χ1) is 14.6. The van der Waals surface area contributed by atoms with Gasteiger partial charge in [0.2, 0.25) is 0 Å². The predicted octanol–water partition coefficient (Wildman–Crippen LogP) is 5.77. The second kappa shape index (κ2) is 14.1. The van der Waals surface area contributed by atoms with Crippen LogP contribution in [0.3, 0.4) is 0 Å². The molecule has 0 spiro atoms. The number of aliphatic hydroxyl groups excluding tert-OH is 2. The van der Waals surface area contributed by atoms with Gasteiger partial charge in [-0.2, -0.15) is 0 Å². The molecule has 0 heterocycles. The van der Waals surface area contributed by atoms with Crippen molar-refractivity contribution in [3.8, 4) is 11.5 Å². The van der Waals surface area contributed by atoms with E-state index in [0.717, 1.165) is 31.2 Å². The van der Waals surface area contributed by atoms with E-state index >= 15 is 0 Å². The summed E-state index contributed by atoms with van der Waals surface area (Å²) in [6.07, 6.45) is 14.5. The molecule has 0 bridgehead atoms. The van der Waals surface area contributed by atoms with Crippen LogP contribution in [-0.2, 0) is 26.1 Å². The number of unbranched alkanes of at least 4 members (excludes halogenated alkanes) is 9. The summed E-state index contributed by atoms with van der Waals surface area (Å²) in [7, 11) is 0. The maximum absolute atomic E-state index is 9.78. The summed E-state index contributed by atoms with van der Waals surface area (Å²) in [6.45, 7) is -0.225. The van der Waals surface area contributed by atoms with Crippen molar-refractivity contribution in [3.05, 3.63) is 58.7 Å². The maximum Gasteiger partial charge on any atom is 0.121 e. The summed E-state index contributed by atoms with van der Waals surface area (Å²) in [5.41, 5.74) is 3.54. The van der Waals surface area contributed by atoms with Crippen molar-refractivity contribution in [2.45, 2.75) is 90.3 Å². The molecule has 0 unspecified atom stereocenters. The van der Waals surface area contributed by atoms with Gasteiger partial charge in [-0.1, -0.05) is 69.6 Å². The molecule has 0 fully saturated rings. The van der Waals surface area contributed by atoms with Gasteiger partial charge in [0.1, 0.15) is 11.5 Å². The van der Waals surface area contributed by atoms with E-state index in [9.17, 15) is 15.3 Å². The van der Waals surface area contributed by atoms with Crippen LogP contribution in [0, 0.1) is 0 Å². The van der Waals surface area contributed by atoms with Gasteiger partial charge in [-0.25, -0.2) is 0 Å². The number of benzene rings is 2. The van der Waals surface area contributed by atoms with Crippen molar-refractivity contribution < 1.29 is 20.4 Å². The summed E-state index contributed by atoms with van der Waals surface area (Å²) in [4.78, 5) is 0. The highest BCUT2D eigenvalue weighted by Crippen LogP contribution is 2.21. The smallest absolute Gasteiger partial charge is 0.121 e. The van der Waals surface area contributed by atoms with Crippen LogP contribution in [0.15, 0.2) is 36.4 Å². The summed E-state index contributed by atoms with van der Waals surface area (Å²) < 4.78 is 0. The fourth-order valence-corrected chi connectivity index (χ4v) is 3.89. The molecule has 0 saturated heterocycles. The minimum atomic E-state index is -0.115. The van der Waals surface area contributed by atoms with E-state index in [0.29, 0.717) is 11.1 Å². The van der Waals surface area contributed by atoms with Crippen molar-refractivity contribution in [2.24, 2.45) is 0 Å². The van der Waals surface area contributed by atoms with Gasteiger partial charge in [-0.15, -0.1) is 0 Å². The lowest BCUT2D eigenvalue weighted by molar-refractivity contribution is 0.275. The molecule has 2 aromatic carbocycles. The highest BCUT2D eigenvalue weighted by Gasteiger charge is 2.03. The zero-order valence-corrected chi connectivity index (χ0v) is 18.2. The first kappa shape index (κ1) is 24.2. The highest BCUT2D eigenvalue weighted by molar-refractivity contribution is 5.36. The van der Waals surface area contributed by atoms with Gasteiger partial charge in [-0.05, 0) is 55.0 Å². The zero-order chi connectivity index (χ0) is 21.6. The van der Waals surface area contributed by atoms with Crippen molar-refractivity contribution >= 4 is 0 Å². The van der Waals surface area contributed by atoms with E-state index < -0.39 is 0 Å². The lowest BCUT2D eigenvalue weighted by Gasteiger charge is -2.06. The first-order valence-corrected chi connectivity index (χ1v) is 11.5. The number of hydrogen-bond acceptors (Lipinski definition) is 4. The Labute approximate surface area is 181 Å². The quantitative estimate of drug-likeness (QED) is 0.279. The summed E-state index contributed by atoms with van der Waals surface area (Å²) in [5, 5.41) is 37.7. The first-order valence-electron chi connectivity index (χ1n) is 11.5. The van der Waals surface area contributed by atoms with Crippen LogP contribution in [0.4, 0.5) is 0 Å². The molecule has 0 radical (unpaired) electrons. The van der Waals surface area contributed by atoms with Crippen molar-refractivity contribution in [1.82, 2.24) is 0 Å². The normalized spacial score (nSPS) is 11.1. The van der Waals surface area contributed by atoms with Crippen molar-refractivity contribution in [3.63, 3.8) is 0 Å². The second-order valence-corrected chi connectivity index (χ2v) is 8.28. The van der Waals surface area contributed by atoms with E-state index in [4.69, 9.17) is 5.11 Å². The fourth-order valence-electron chi connectivity index (χ4n) is 3.89. The van der Waals surface area contributed by atoms with Crippen LogP contribution in [0.25, 0.3) is 0 Å². The summed E-state index contributed by atoms with van der Waals surface area (Å²) in [5.74, 6) is 0.380. The third kappa shape index (κ3) is 8.76. The molecule has 0 aromatic heterocycles. The van der Waals surface area contributed by atoms with Gasteiger partial charge in [0.25, 0.3) is 0 Å². The molecule has 0 atom stereocenters. The molecular formula is C26H38O4. The zero-order valence-electron chi connectivity index (χ0n) is 18.2. The summed E-state index contributed by atoms with van der Waals surface area (Å²) in [6, 6.07) is 11.1. The number of hydrogen-bond donors (Lipinski definition) is 4. The molecule has 2 rings (SSSR count). The van der Waals surface area contributed by atoms with Gasteiger partial charge in [-0.3, -0.25) is 0 Å². The second-order valence-electron chi connectivity index (χ2n) is 8.28.